The van der Waals surface area contributed by atoms with Crippen LogP contribution in [0.4, 0.5) is 0 Å². The third-order valence-corrected chi connectivity index (χ3v) is 10.3. The maximum absolute atomic E-state index is 11.7. The number of pyridine rings is 1. The van der Waals surface area contributed by atoms with Gasteiger partial charge in [-0.25, -0.2) is 4.98 Å². The Hall–Kier alpha value is -7.04. The predicted molar refractivity (Wildman–Crippen MR) is 246 cm³/mol. The Balaban J connectivity index is 1.32. The van der Waals surface area contributed by atoms with Gasteiger partial charge in [-0.3, -0.25) is 9.55 Å². The van der Waals surface area contributed by atoms with E-state index in [1.165, 1.54) is 0 Å². The fourth-order valence-corrected chi connectivity index (χ4v) is 7.52. The molecule has 4 heteroatoms. The van der Waals surface area contributed by atoms with Crippen LogP contribution < -0.4 is 0 Å². The molecule has 0 unspecified atom stereocenters. The van der Waals surface area contributed by atoms with Crippen LogP contribution in [0.15, 0.2) is 170 Å². The third kappa shape index (κ3) is 7.35. The van der Waals surface area contributed by atoms with Crippen molar-refractivity contribution in [2.45, 2.75) is 46.7 Å². The maximum Gasteiger partial charge on any atom is 0.149 e. The highest BCUT2D eigenvalue weighted by Crippen LogP contribution is 2.42. The van der Waals surface area contributed by atoms with Crippen molar-refractivity contribution in [3.63, 3.8) is 0 Å². The lowest BCUT2D eigenvalue weighted by Crippen LogP contribution is -2.10. The third-order valence-electron chi connectivity index (χ3n) is 10.3. The zero-order valence-corrected chi connectivity index (χ0v) is 32.4. The molecule has 0 bridgehead atoms. The number of phenols is 1. The van der Waals surface area contributed by atoms with Crippen molar-refractivity contribution in [2.24, 2.45) is 0 Å². The summed E-state index contributed by atoms with van der Waals surface area (Å²) in [6.45, 7) is -5.99. The molecule has 2 heterocycles. The van der Waals surface area contributed by atoms with Crippen LogP contribution in [0.3, 0.4) is 0 Å². The molecule has 288 valence electrons. The van der Waals surface area contributed by atoms with Gasteiger partial charge in [0.25, 0.3) is 0 Å². The van der Waals surface area contributed by atoms with Gasteiger partial charge >= 0.3 is 0 Å². The van der Waals surface area contributed by atoms with Crippen LogP contribution in [0.1, 0.15) is 64.7 Å². The summed E-state index contributed by atoms with van der Waals surface area (Å²) in [6, 6.07) is 33.9. The lowest BCUT2D eigenvalue weighted by molar-refractivity contribution is 0.472. The summed E-state index contributed by atoms with van der Waals surface area (Å²) < 4.78 is 140. The van der Waals surface area contributed by atoms with Gasteiger partial charge in [0.15, 0.2) is 0 Å². The zero-order chi connectivity index (χ0) is 54.4. The second-order valence-electron chi connectivity index (χ2n) is 14.7. The Morgan fingerprint density at radius 3 is 1.95 bits per heavy atom. The maximum atomic E-state index is 11.7. The van der Waals surface area contributed by atoms with Gasteiger partial charge in [0.2, 0.25) is 0 Å². The Bertz CT molecular complexity index is 3690. The first-order chi connectivity index (χ1) is 35.2. The first-order valence-corrected chi connectivity index (χ1v) is 19.0. The highest BCUT2D eigenvalue weighted by molar-refractivity contribution is 5.98. The molecule has 0 spiro atoms. The van der Waals surface area contributed by atoms with Crippen LogP contribution in [0.2, 0.25) is 0 Å². The largest absolute Gasteiger partial charge is 0.507 e. The van der Waals surface area contributed by atoms with E-state index in [2.05, 4.69) is 17.1 Å². The molecule has 2 aromatic heterocycles. The number of rotatable bonds is 7. The topological polar surface area (TPSA) is 50.9 Å². The van der Waals surface area contributed by atoms with Crippen molar-refractivity contribution in [1.82, 2.24) is 14.5 Å². The minimum absolute atomic E-state index is 0.0550. The lowest BCUT2D eigenvalue weighted by Gasteiger charge is -2.19. The van der Waals surface area contributed by atoms with Crippen molar-refractivity contribution in [1.29, 1.82) is 0 Å². The summed E-state index contributed by atoms with van der Waals surface area (Å²) in [6.07, 6.45) is -0.739. The van der Waals surface area contributed by atoms with E-state index in [9.17, 15) is 6.48 Å². The van der Waals surface area contributed by atoms with E-state index in [1.54, 1.807) is 12.1 Å². The van der Waals surface area contributed by atoms with Gasteiger partial charge < -0.3 is 5.11 Å². The molecule has 9 aromatic rings. The van der Waals surface area contributed by atoms with E-state index in [4.69, 9.17) is 25.5 Å². The van der Waals surface area contributed by atoms with Crippen molar-refractivity contribution < 1.29 is 27.0 Å². The van der Waals surface area contributed by atoms with Gasteiger partial charge in [-0.05, 0) is 142 Å². The van der Waals surface area contributed by atoms with Crippen LogP contribution in [0.25, 0.3) is 83.9 Å². The second-order valence-corrected chi connectivity index (χ2v) is 14.7. The number of fused-ring (bicyclic) bond motifs is 1. The molecule has 4 nitrogen and oxygen atoms in total. The molecule has 0 fully saturated rings. The van der Waals surface area contributed by atoms with Crippen molar-refractivity contribution in [3.05, 3.63) is 192 Å². The second kappa shape index (κ2) is 15.0. The number of hydrogen-bond acceptors (Lipinski definition) is 3. The smallest absolute Gasteiger partial charge is 0.149 e. The number of benzene rings is 7. The molecular formula is C55H47N3O. The average molecular weight is 782 g/mol. The van der Waals surface area contributed by atoms with Gasteiger partial charge in [-0.1, -0.05) is 130 Å². The molecule has 0 saturated carbocycles. The highest BCUT2D eigenvalue weighted by atomic mass is 16.3. The molecule has 0 atom stereocenters. The van der Waals surface area contributed by atoms with E-state index in [0.717, 1.165) is 33.5 Å². The monoisotopic (exact) mass is 781 g/mol. The summed E-state index contributed by atoms with van der Waals surface area (Å²) in [7, 11) is 0. The number of phenolic OH excluding ortho intramolecular Hbond substituents is 1. The minimum Gasteiger partial charge on any atom is -0.507 e. The number of nitrogens with zero attached hydrogens (tertiary/aromatic N) is 3. The number of hydrogen-bond donors (Lipinski definition) is 1. The van der Waals surface area contributed by atoms with Crippen LogP contribution in [0.5, 0.6) is 5.75 Å². The Labute approximate surface area is 369 Å². The van der Waals surface area contributed by atoms with E-state index >= 15 is 0 Å². The van der Waals surface area contributed by atoms with Gasteiger partial charge in [0, 0.05) is 35.3 Å². The molecule has 0 aliphatic carbocycles. The standard InChI is InChI=1S/C55H47N3O/c1-35-26-37(3)53(59)49(29-35)54-57-52-48(18-13-19-51(52)58(54)47-28-36(2)27-42(33-47)38-14-9-7-10-15-38)44-30-43(39-16-11-8-12-17-39)31-45(32-44)50-34-41(24-25-56-50)40-20-22-46(23-21-40)55(4,5)6/h7-34,59H,1-6H3/i4D3,5D3,6D3,20D,21D,22D,23D,24D,25D,34D. The van der Waals surface area contributed by atoms with Gasteiger partial charge in [-0.2, -0.15) is 0 Å². The van der Waals surface area contributed by atoms with Crippen LogP contribution in [-0.4, -0.2) is 19.6 Å². The molecule has 0 radical (unpaired) electrons. The molecule has 0 saturated heterocycles. The van der Waals surface area contributed by atoms with E-state index in [1.807, 2.05) is 128 Å². The van der Waals surface area contributed by atoms with E-state index in [0.29, 0.717) is 44.7 Å². The molecule has 0 aliphatic heterocycles. The average Bonchev–Trinajstić information content (AvgIpc) is 3.78. The number of aromatic hydroxyl groups is 1. The zero-order valence-electron chi connectivity index (χ0n) is 48.4. The van der Waals surface area contributed by atoms with Crippen LogP contribution >= 0.6 is 0 Å². The van der Waals surface area contributed by atoms with Crippen molar-refractivity contribution >= 4 is 11.0 Å². The Morgan fingerprint density at radius 2 is 1.24 bits per heavy atom. The number of aromatic nitrogens is 3. The first kappa shape index (κ1) is 23.4. The molecule has 7 aromatic carbocycles. The summed E-state index contributed by atoms with van der Waals surface area (Å²) in [5.41, 5.74) is 2.81. The normalized spacial score (nSPS) is 16.2. The fourth-order valence-electron chi connectivity index (χ4n) is 7.52. The quantitative estimate of drug-likeness (QED) is 0.175. The van der Waals surface area contributed by atoms with Gasteiger partial charge in [0.1, 0.15) is 11.6 Å². The van der Waals surface area contributed by atoms with Crippen molar-refractivity contribution in [2.75, 3.05) is 0 Å². The Morgan fingerprint density at radius 1 is 0.576 bits per heavy atom. The van der Waals surface area contributed by atoms with Crippen LogP contribution in [-0.2, 0) is 5.41 Å². The molecular weight excluding hydrogens is 719 g/mol. The molecule has 9 rings (SSSR count). The molecule has 59 heavy (non-hydrogen) atoms. The SMILES string of the molecule is [2H]c1nc(-c2cc(-c3ccccc3)cc(-c3cccc4c3nc(-c3cc(C)cc(C)c3O)n4-c3cc(C)cc(-c4ccccc4)c3)c2)c([2H])c(-c2c([2H])c([2H])c(C(C([2H])([2H])[2H])(C([2H])([2H])[2H])C([2H])([2H])[2H])c([2H])c2[2H])c1[2H]. The summed E-state index contributed by atoms with van der Waals surface area (Å²) in [5.74, 6) is 0.509. The first-order valence-electron chi connectivity index (χ1n) is 27.0. The number of para-hydroxylation sites is 1. The molecule has 1 N–H and O–H groups in total. The predicted octanol–water partition coefficient (Wildman–Crippen LogP) is 14.4. The summed E-state index contributed by atoms with van der Waals surface area (Å²) in [5, 5.41) is 11.7. The lowest BCUT2D eigenvalue weighted by atomic mass is 9.86. The molecule has 0 aliphatic rings. The number of aryl methyl sites for hydroxylation is 3. The minimum atomic E-state index is -3.92. The van der Waals surface area contributed by atoms with Gasteiger partial charge in [-0.15, -0.1) is 0 Å². The highest BCUT2D eigenvalue weighted by Gasteiger charge is 2.22. The summed E-state index contributed by atoms with van der Waals surface area (Å²) >= 11 is 0. The fraction of sp³-hybridized carbons (Fsp3) is 0.127. The molecule has 0 amide bonds. The van der Waals surface area contributed by atoms with Crippen LogP contribution in [0, 0.1) is 20.8 Å². The van der Waals surface area contributed by atoms with E-state index < -0.39 is 85.1 Å². The van der Waals surface area contributed by atoms with E-state index in [-0.39, 0.29) is 17.0 Å². The number of imidazole rings is 1. The van der Waals surface area contributed by atoms with Crippen molar-refractivity contribution in [3.8, 4) is 78.6 Å². The Kier molecular flexibility index (Phi) is 5.96. The van der Waals surface area contributed by atoms with Gasteiger partial charge in [0.05, 0.1) is 31.9 Å². The summed E-state index contributed by atoms with van der Waals surface area (Å²) in [4.78, 5) is 9.72.